The molecule has 3 aromatic rings. The van der Waals surface area contributed by atoms with Crippen molar-refractivity contribution in [2.45, 2.75) is 6.54 Å². The molecule has 1 amide bonds. The molecule has 4 rings (SSSR count). The van der Waals surface area contributed by atoms with Gasteiger partial charge in [0.1, 0.15) is 11.6 Å². The molecule has 1 fully saturated rings. The minimum absolute atomic E-state index is 0.00555. The van der Waals surface area contributed by atoms with Gasteiger partial charge in [-0.3, -0.25) is 14.6 Å². The predicted molar refractivity (Wildman–Crippen MR) is 111 cm³/mol. The maximum atomic E-state index is 13.7. The van der Waals surface area contributed by atoms with Crippen LogP contribution in [-0.4, -0.2) is 48.4 Å². The summed E-state index contributed by atoms with van der Waals surface area (Å²) < 4.78 is 26.7. The summed E-state index contributed by atoms with van der Waals surface area (Å²) >= 11 is 0. The number of nitrogens with zero attached hydrogens (tertiary/aromatic N) is 2. The van der Waals surface area contributed by atoms with Crippen molar-refractivity contribution in [2.24, 2.45) is 0 Å². The van der Waals surface area contributed by atoms with Crippen LogP contribution in [0.1, 0.15) is 5.56 Å². The second-order valence-corrected chi connectivity index (χ2v) is 7.36. The molecule has 29 heavy (non-hydrogen) atoms. The zero-order valence-corrected chi connectivity index (χ0v) is 16.1. The number of piperazine rings is 1. The van der Waals surface area contributed by atoms with Crippen LogP contribution in [0.15, 0.2) is 60.7 Å². The molecule has 150 valence electrons. The summed E-state index contributed by atoms with van der Waals surface area (Å²) in [4.78, 5) is 16.6. The second kappa shape index (κ2) is 8.68. The van der Waals surface area contributed by atoms with E-state index in [1.54, 1.807) is 0 Å². The lowest BCUT2D eigenvalue weighted by atomic mass is 10.0. The molecule has 0 atom stereocenters. The number of nitrogens with one attached hydrogen (secondary N) is 1. The normalized spacial score (nSPS) is 15.5. The van der Waals surface area contributed by atoms with E-state index in [2.05, 4.69) is 51.5 Å². The number of carbonyl (C=O) groups excluding carboxylic acids is 1. The molecule has 1 saturated heterocycles. The van der Waals surface area contributed by atoms with Gasteiger partial charge in [-0.05, 0) is 28.5 Å². The number of fused-ring (bicyclic) bond motifs is 1. The Morgan fingerprint density at radius 3 is 2.41 bits per heavy atom. The molecule has 1 heterocycles. The third kappa shape index (κ3) is 4.78. The van der Waals surface area contributed by atoms with Crippen molar-refractivity contribution in [1.82, 2.24) is 9.80 Å². The maximum absolute atomic E-state index is 13.7. The van der Waals surface area contributed by atoms with Crippen molar-refractivity contribution in [3.05, 3.63) is 77.9 Å². The van der Waals surface area contributed by atoms with E-state index < -0.39 is 11.6 Å². The first kappa shape index (κ1) is 19.5. The van der Waals surface area contributed by atoms with Gasteiger partial charge in [0.15, 0.2) is 0 Å². The summed E-state index contributed by atoms with van der Waals surface area (Å²) in [5.41, 5.74) is 1.31. The number of benzene rings is 3. The molecule has 1 aliphatic rings. The second-order valence-electron chi connectivity index (χ2n) is 7.36. The van der Waals surface area contributed by atoms with Crippen LogP contribution in [0.2, 0.25) is 0 Å². The molecule has 4 nitrogen and oxygen atoms in total. The van der Waals surface area contributed by atoms with E-state index in [-0.39, 0.29) is 18.1 Å². The Kier molecular flexibility index (Phi) is 5.83. The van der Waals surface area contributed by atoms with E-state index in [1.165, 1.54) is 22.4 Å². The van der Waals surface area contributed by atoms with Crippen LogP contribution in [-0.2, 0) is 11.3 Å². The van der Waals surface area contributed by atoms with Crippen LogP contribution in [0.25, 0.3) is 10.8 Å². The average molecular weight is 395 g/mol. The van der Waals surface area contributed by atoms with Crippen LogP contribution in [0, 0.1) is 11.6 Å². The number of amides is 1. The zero-order chi connectivity index (χ0) is 20.2. The lowest BCUT2D eigenvalue weighted by Crippen LogP contribution is -2.48. The van der Waals surface area contributed by atoms with E-state index in [1.807, 2.05) is 6.07 Å². The standard InChI is InChI=1S/C23H23F2N3O/c24-19-8-9-22(21(25)14-19)26-23(29)16-28-12-10-27(11-13-28)15-18-6-3-5-17-4-1-2-7-20(17)18/h1-9,14H,10-13,15-16H2,(H,26,29). The molecular weight excluding hydrogens is 372 g/mol. The number of hydrogen-bond donors (Lipinski definition) is 1. The molecule has 1 N–H and O–H groups in total. The van der Waals surface area contributed by atoms with Crippen LogP contribution >= 0.6 is 0 Å². The van der Waals surface area contributed by atoms with Gasteiger partial charge in [-0.1, -0.05) is 42.5 Å². The quantitative estimate of drug-likeness (QED) is 0.712. The summed E-state index contributed by atoms with van der Waals surface area (Å²) in [6.45, 7) is 4.33. The summed E-state index contributed by atoms with van der Waals surface area (Å²) in [6.07, 6.45) is 0. The SMILES string of the molecule is O=C(CN1CCN(Cc2cccc3ccccc23)CC1)Nc1ccc(F)cc1F. The number of anilines is 1. The Labute approximate surface area is 168 Å². The first-order chi connectivity index (χ1) is 14.1. The highest BCUT2D eigenvalue weighted by atomic mass is 19.1. The largest absolute Gasteiger partial charge is 0.322 e. The number of hydrogen-bond acceptors (Lipinski definition) is 3. The number of carbonyl (C=O) groups is 1. The molecule has 3 aromatic carbocycles. The highest BCUT2D eigenvalue weighted by Gasteiger charge is 2.20. The lowest BCUT2D eigenvalue weighted by Gasteiger charge is -2.34. The molecule has 0 saturated carbocycles. The van der Waals surface area contributed by atoms with Gasteiger partial charge in [0.05, 0.1) is 12.2 Å². The summed E-state index contributed by atoms with van der Waals surface area (Å²) in [7, 11) is 0. The van der Waals surface area contributed by atoms with Gasteiger partial charge in [0.25, 0.3) is 0 Å². The van der Waals surface area contributed by atoms with Gasteiger partial charge in [-0.2, -0.15) is 0 Å². The van der Waals surface area contributed by atoms with Gasteiger partial charge in [0.2, 0.25) is 5.91 Å². The summed E-state index contributed by atoms with van der Waals surface area (Å²) in [6, 6.07) is 17.9. The minimum Gasteiger partial charge on any atom is -0.322 e. The lowest BCUT2D eigenvalue weighted by molar-refractivity contribution is -0.117. The molecule has 0 aliphatic carbocycles. The van der Waals surface area contributed by atoms with Crippen LogP contribution < -0.4 is 5.32 Å². The van der Waals surface area contributed by atoms with Gasteiger partial charge in [-0.25, -0.2) is 8.78 Å². The molecule has 0 spiro atoms. The Morgan fingerprint density at radius 1 is 0.897 bits per heavy atom. The fourth-order valence-electron chi connectivity index (χ4n) is 3.76. The highest BCUT2D eigenvalue weighted by Crippen LogP contribution is 2.20. The summed E-state index contributed by atoms with van der Waals surface area (Å²) in [5.74, 6) is -1.72. The molecule has 1 aliphatic heterocycles. The van der Waals surface area contributed by atoms with Crippen molar-refractivity contribution in [3.8, 4) is 0 Å². The van der Waals surface area contributed by atoms with Crippen LogP contribution in [0.5, 0.6) is 0 Å². The predicted octanol–water partition coefficient (Wildman–Crippen LogP) is 3.87. The van der Waals surface area contributed by atoms with E-state index >= 15 is 0 Å². The monoisotopic (exact) mass is 395 g/mol. The Hall–Kier alpha value is -2.83. The number of halogens is 2. The molecule has 6 heteroatoms. The van der Waals surface area contributed by atoms with E-state index in [0.717, 1.165) is 44.9 Å². The topological polar surface area (TPSA) is 35.6 Å². The number of rotatable bonds is 5. The van der Waals surface area contributed by atoms with Crippen LogP contribution in [0.3, 0.4) is 0 Å². The van der Waals surface area contributed by atoms with Gasteiger partial charge < -0.3 is 5.32 Å². The summed E-state index contributed by atoms with van der Waals surface area (Å²) in [5, 5.41) is 5.04. The minimum atomic E-state index is -0.766. The molecule has 0 radical (unpaired) electrons. The van der Waals surface area contributed by atoms with E-state index in [0.29, 0.717) is 0 Å². The highest BCUT2D eigenvalue weighted by molar-refractivity contribution is 5.92. The Morgan fingerprint density at radius 2 is 1.62 bits per heavy atom. The third-order valence-corrected chi connectivity index (χ3v) is 5.31. The van der Waals surface area contributed by atoms with Crippen molar-refractivity contribution in [1.29, 1.82) is 0 Å². The van der Waals surface area contributed by atoms with E-state index in [4.69, 9.17) is 0 Å². The van der Waals surface area contributed by atoms with Crippen molar-refractivity contribution < 1.29 is 13.6 Å². The third-order valence-electron chi connectivity index (χ3n) is 5.31. The fraction of sp³-hybridized carbons (Fsp3) is 0.261. The Bertz CT molecular complexity index is 1010. The zero-order valence-electron chi connectivity index (χ0n) is 16.1. The van der Waals surface area contributed by atoms with Crippen molar-refractivity contribution in [3.63, 3.8) is 0 Å². The van der Waals surface area contributed by atoms with Gasteiger partial charge in [-0.15, -0.1) is 0 Å². The fourth-order valence-corrected chi connectivity index (χ4v) is 3.76. The first-order valence-electron chi connectivity index (χ1n) is 9.75. The van der Waals surface area contributed by atoms with Crippen LogP contribution in [0.4, 0.5) is 14.5 Å². The molecule has 0 unspecified atom stereocenters. The maximum Gasteiger partial charge on any atom is 0.238 e. The Balaban J connectivity index is 1.29. The van der Waals surface area contributed by atoms with Gasteiger partial charge >= 0.3 is 0 Å². The van der Waals surface area contributed by atoms with Gasteiger partial charge in [0, 0.05) is 38.8 Å². The molecular formula is C23H23F2N3O. The smallest absolute Gasteiger partial charge is 0.238 e. The van der Waals surface area contributed by atoms with Crippen molar-refractivity contribution >= 4 is 22.4 Å². The average Bonchev–Trinajstić information content (AvgIpc) is 2.72. The molecule has 0 aromatic heterocycles. The van der Waals surface area contributed by atoms with E-state index in [9.17, 15) is 13.6 Å². The molecule has 0 bridgehead atoms. The first-order valence-corrected chi connectivity index (χ1v) is 9.75. The van der Waals surface area contributed by atoms with Crippen molar-refractivity contribution in [2.75, 3.05) is 38.0 Å².